The molecule has 1 heterocycles. The molecule has 40 heavy (non-hydrogen) atoms. The molecule has 8 rings (SSSR count). The van der Waals surface area contributed by atoms with E-state index in [1.54, 1.807) is 0 Å². The zero-order valence-electron chi connectivity index (χ0n) is 21.8. The molecular weight excluding hydrogens is 486 g/mol. The Bertz CT molecular complexity index is 2160. The lowest BCUT2D eigenvalue weighted by Gasteiger charge is -2.27. The fourth-order valence-electron chi connectivity index (χ4n) is 5.95. The first-order valence-electron chi connectivity index (χ1n) is 13.6. The number of hydrogen-bond acceptors (Lipinski definition) is 2. The van der Waals surface area contributed by atoms with Crippen LogP contribution >= 0.6 is 0 Å². The molecule has 0 aliphatic rings. The molecule has 8 aromatic rings. The summed E-state index contributed by atoms with van der Waals surface area (Å²) in [7, 11) is 0. The van der Waals surface area contributed by atoms with Crippen LogP contribution in [-0.2, 0) is 0 Å². The van der Waals surface area contributed by atoms with Crippen molar-refractivity contribution in [1.82, 2.24) is 0 Å². The van der Waals surface area contributed by atoms with Gasteiger partial charge in [-0.2, -0.15) is 0 Å². The maximum atomic E-state index is 6.29. The van der Waals surface area contributed by atoms with E-state index >= 15 is 0 Å². The van der Waals surface area contributed by atoms with Gasteiger partial charge in [-0.05, 0) is 63.7 Å². The first kappa shape index (κ1) is 22.6. The molecular formula is C38H25NO. The molecule has 0 amide bonds. The Morgan fingerprint density at radius 1 is 0.400 bits per heavy atom. The highest BCUT2D eigenvalue weighted by atomic mass is 16.3. The summed E-state index contributed by atoms with van der Waals surface area (Å²) in [6, 6.07) is 53.8. The van der Waals surface area contributed by atoms with Crippen molar-refractivity contribution < 1.29 is 4.42 Å². The van der Waals surface area contributed by atoms with E-state index in [-0.39, 0.29) is 0 Å². The molecule has 0 radical (unpaired) electrons. The van der Waals surface area contributed by atoms with Gasteiger partial charge in [-0.3, -0.25) is 0 Å². The van der Waals surface area contributed by atoms with Gasteiger partial charge in [-0.15, -0.1) is 0 Å². The second kappa shape index (κ2) is 9.14. The molecule has 188 valence electrons. The monoisotopic (exact) mass is 511 g/mol. The van der Waals surface area contributed by atoms with E-state index in [2.05, 4.69) is 144 Å². The summed E-state index contributed by atoms with van der Waals surface area (Å²) >= 11 is 0. The van der Waals surface area contributed by atoms with Crippen molar-refractivity contribution >= 4 is 60.5 Å². The maximum absolute atomic E-state index is 6.29. The minimum absolute atomic E-state index is 0.885. The van der Waals surface area contributed by atoms with Gasteiger partial charge in [0.2, 0.25) is 0 Å². The number of rotatable bonds is 4. The van der Waals surface area contributed by atoms with Gasteiger partial charge < -0.3 is 9.32 Å². The topological polar surface area (TPSA) is 16.4 Å². The summed E-state index contributed by atoms with van der Waals surface area (Å²) in [6.07, 6.45) is 0. The van der Waals surface area contributed by atoms with Crippen LogP contribution in [0.3, 0.4) is 0 Å². The Morgan fingerprint density at radius 3 is 1.82 bits per heavy atom. The van der Waals surface area contributed by atoms with E-state index in [1.165, 1.54) is 32.7 Å². The van der Waals surface area contributed by atoms with Crippen molar-refractivity contribution in [2.45, 2.75) is 0 Å². The fourth-order valence-corrected chi connectivity index (χ4v) is 5.95. The molecule has 0 aliphatic heterocycles. The van der Waals surface area contributed by atoms with E-state index in [9.17, 15) is 0 Å². The molecule has 7 aromatic carbocycles. The average molecular weight is 512 g/mol. The van der Waals surface area contributed by atoms with Crippen LogP contribution in [0.25, 0.3) is 54.6 Å². The fraction of sp³-hybridized carbons (Fsp3) is 0. The molecule has 0 saturated carbocycles. The summed E-state index contributed by atoms with van der Waals surface area (Å²) in [4.78, 5) is 2.34. The molecule has 2 heteroatoms. The van der Waals surface area contributed by atoms with E-state index in [1.807, 2.05) is 12.1 Å². The highest BCUT2D eigenvalue weighted by Crippen LogP contribution is 2.42. The number of anilines is 3. The zero-order valence-corrected chi connectivity index (χ0v) is 21.8. The Kier molecular flexibility index (Phi) is 5.17. The van der Waals surface area contributed by atoms with Crippen LogP contribution in [0.15, 0.2) is 156 Å². The van der Waals surface area contributed by atoms with Crippen LogP contribution in [0.4, 0.5) is 17.1 Å². The van der Waals surface area contributed by atoms with Crippen molar-refractivity contribution in [2.24, 2.45) is 0 Å². The summed E-state index contributed by atoms with van der Waals surface area (Å²) < 4.78 is 6.29. The van der Waals surface area contributed by atoms with Crippen molar-refractivity contribution in [2.75, 3.05) is 4.90 Å². The summed E-state index contributed by atoms with van der Waals surface area (Å²) in [5, 5.41) is 7.19. The summed E-state index contributed by atoms with van der Waals surface area (Å²) in [5.41, 5.74) is 7.52. The quantitative estimate of drug-likeness (QED) is 0.234. The van der Waals surface area contributed by atoms with Gasteiger partial charge in [0.05, 0.1) is 5.69 Å². The second-order valence-electron chi connectivity index (χ2n) is 10.2. The lowest BCUT2D eigenvalue weighted by molar-refractivity contribution is 0.669. The number of nitrogens with zero attached hydrogens (tertiary/aromatic N) is 1. The van der Waals surface area contributed by atoms with Crippen molar-refractivity contribution in [1.29, 1.82) is 0 Å². The Morgan fingerprint density at radius 2 is 1.00 bits per heavy atom. The molecule has 0 aliphatic carbocycles. The maximum Gasteiger partial charge on any atom is 0.137 e. The normalized spacial score (nSPS) is 11.5. The number of para-hydroxylation sites is 1. The van der Waals surface area contributed by atoms with Crippen molar-refractivity contribution in [3.8, 4) is 11.1 Å². The Balaban J connectivity index is 1.31. The van der Waals surface area contributed by atoms with E-state index < -0.39 is 0 Å². The highest BCUT2D eigenvalue weighted by Gasteiger charge is 2.17. The van der Waals surface area contributed by atoms with Crippen LogP contribution in [0.1, 0.15) is 0 Å². The SMILES string of the molecule is c1ccc2c(-c3ccc(N(c4ccc5c(c4)oc4ccccc45)c4cccc5ccccc45)cc3)cccc2c1. The predicted molar refractivity (Wildman–Crippen MR) is 169 cm³/mol. The minimum atomic E-state index is 0.885. The molecule has 0 bridgehead atoms. The summed E-state index contributed by atoms with van der Waals surface area (Å²) in [5.74, 6) is 0. The van der Waals surface area contributed by atoms with Crippen LogP contribution in [0, 0.1) is 0 Å². The molecule has 0 atom stereocenters. The van der Waals surface area contributed by atoms with Crippen LogP contribution in [-0.4, -0.2) is 0 Å². The lowest BCUT2D eigenvalue weighted by Crippen LogP contribution is -2.10. The van der Waals surface area contributed by atoms with Crippen LogP contribution < -0.4 is 4.90 Å². The van der Waals surface area contributed by atoms with Crippen LogP contribution in [0.5, 0.6) is 0 Å². The van der Waals surface area contributed by atoms with Gasteiger partial charge in [0.25, 0.3) is 0 Å². The lowest BCUT2D eigenvalue weighted by atomic mass is 9.98. The molecule has 1 aromatic heterocycles. The first-order valence-corrected chi connectivity index (χ1v) is 13.6. The molecule has 0 saturated heterocycles. The van der Waals surface area contributed by atoms with Crippen molar-refractivity contribution in [3.63, 3.8) is 0 Å². The first-order chi connectivity index (χ1) is 19.8. The highest BCUT2D eigenvalue weighted by molar-refractivity contribution is 6.07. The molecule has 0 N–H and O–H groups in total. The predicted octanol–water partition coefficient (Wildman–Crippen LogP) is 11.0. The van der Waals surface area contributed by atoms with Gasteiger partial charge in [0, 0.05) is 33.6 Å². The largest absolute Gasteiger partial charge is 0.456 e. The zero-order chi connectivity index (χ0) is 26.5. The molecule has 0 spiro atoms. The minimum Gasteiger partial charge on any atom is -0.456 e. The Labute approximate surface area is 232 Å². The number of fused-ring (bicyclic) bond motifs is 5. The Hall–Kier alpha value is -5.34. The molecule has 0 fully saturated rings. The van der Waals surface area contributed by atoms with Crippen LogP contribution in [0.2, 0.25) is 0 Å². The molecule has 2 nitrogen and oxygen atoms in total. The third-order valence-electron chi connectivity index (χ3n) is 7.85. The number of furan rings is 1. The van der Waals surface area contributed by atoms with Crippen molar-refractivity contribution in [3.05, 3.63) is 152 Å². The smallest absolute Gasteiger partial charge is 0.137 e. The third kappa shape index (κ3) is 3.65. The van der Waals surface area contributed by atoms with Gasteiger partial charge in [0.1, 0.15) is 11.2 Å². The number of hydrogen-bond donors (Lipinski definition) is 0. The molecule has 0 unspecified atom stereocenters. The third-order valence-corrected chi connectivity index (χ3v) is 7.85. The van der Waals surface area contributed by atoms with Gasteiger partial charge in [0.15, 0.2) is 0 Å². The average Bonchev–Trinajstić information content (AvgIpc) is 3.39. The van der Waals surface area contributed by atoms with E-state index in [0.29, 0.717) is 0 Å². The standard InChI is InChI=1S/C38H25NO/c1-3-13-31-26(9-1)11-7-16-32(31)28-19-21-29(22-20-28)39(36-17-8-12-27-10-2-4-14-33(27)36)30-23-24-35-34-15-5-6-18-37(34)40-38(35)25-30/h1-25H. The van der Waals surface area contributed by atoms with Gasteiger partial charge in [-0.1, -0.05) is 109 Å². The number of benzene rings is 7. The summed E-state index contributed by atoms with van der Waals surface area (Å²) in [6.45, 7) is 0. The van der Waals surface area contributed by atoms with Gasteiger partial charge >= 0.3 is 0 Å². The van der Waals surface area contributed by atoms with E-state index in [4.69, 9.17) is 4.42 Å². The second-order valence-corrected chi connectivity index (χ2v) is 10.2. The van der Waals surface area contributed by atoms with Gasteiger partial charge in [-0.25, -0.2) is 0 Å². The van der Waals surface area contributed by atoms with E-state index in [0.717, 1.165) is 39.0 Å².